The molecule has 2 fully saturated rings. The van der Waals surface area contributed by atoms with Gasteiger partial charge in [-0.1, -0.05) is 11.6 Å². The van der Waals surface area contributed by atoms with Crippen LogP contribution in [0.1, 0.15) is 23.2 Å². The number of esters is 1. The van der Waals surface area contributed by atoms with Crippen molar-refractivity contribution in [2.24, 2.45) is 0 Å². The average molecular weight is 368 g/mol. The normalized spacial score (nSPS) is 19.0. The highest BCUT2D eigenvalue weighted by atomic mass is 35.5. The molecule has 0 bridgehead atoms. The zero-order chi connectivity index (χ0) is 18.0. The molecular formula is C16H18ClN3O5. The number of piperidine rings is 1. The van der Waals surface area contributed by atoms with Crippen LogP contribution >= 0.6 is 11.6 Å². The molecule has 0 radical (unpaired) electrons. The van der Waals surface area contributed by atoms with Gasteiger partial charge in [-0.25, -0.2) is 9.78 Å². The third-order valence-electron chi connectivity index (χ3n) is 4.52. The number of rotatable bonds is 3. The molecule has 0 aromatic carbocycles. The van der Waals surface area contributed by atoms with Crippen LogP contribution in [0.3, 0.4) is 0 Å². The second kappa shape index (κ2) is 6.87. The number of nitrogens with zero attached hydrogens (tertiary/aromatic N) is 3. The van der Waals surface area contributed by atoms with Crippen LogP contribution in [0.15, 0.2) is 18.3 Å². The van der Waals surface area contributed by atoms with E-state index in [1.54, 1.807) is 17.0 Å². The van der Waals surface area contributed by atoms with Gasteiger partial charge in [0.1, 0.15) is 17.3 Å². The van der Waals surface area contributed by atoms with Crippen LogP contribution in [-0.4, -0.2) is 71.6 Å². The number of likely N-dealkylation sites (tertiary alicyclic amines) is 1. The summed E-state index contributed by atoms with van der Waals surface area (Å²) in [4.78, 5) is 42.8. The molecule has 1 aromatic heterocycles. The van der Waals surface area contributed by atoms with E-state index in [1.165, 1.54) is 18.2 Å². The van der Waals surface area contributed by atoms with Crippen molar-refractivity contribution in [2.75, 3.05) is 33.3 Å². The van der Waals surface area contributed by atoms with Crippen molar-refractivity contribution in [1.82, 2.24) is 14.8 Å². The van der Waals surface area contributed by atoms with E-state index in [1.807, 2.05) is 0 Å². The Kier molecular flexibility index (Phi) is 4.80. The Morgan fingerprint density at radius 1 is 1.36 bits per heavy atom. The van der Waals surface area contributed by atoms with Crippen molar-refractivity contribution >= 4 is 29.6 Å². The summed E-state index contributed by atoms with van der Waals surface area (Å²) in [7, 11) is 1.27. The van der Waals surface area contributed by atoms with Crippen molar-refractivity contribution in [3.05, 3.63) is 29.0 Å². The topological polar surface area (TPSA) is 89.0 Å². The Balaban J connectivity index is 1.60. The average Bonchev–Trinajstić information content (AvgIpc) is 2.90. The molecule has 25 heavy (non-hydrogen) atoms. The number of halogens is 1. The monoisotopic (exact) mass is 367 g/mol. The minimum absolute atomic E-state index is 0.129. The molecule has 0 unspecified atom stereocenters. The summed E-state index contributed by atoms with van der Waals surface area (Å²) in [5, 5.41) is 0.331. The second-order valence-corrected chi connectivity index (χ2v) is 6.53. The third kappa shape index (κ3) is 3.68. The number of hydrogen-bond donors (Lipinski definition) is 0. The van der Waals surface area contributed by atoms with Crippen LogP contribution in [0.5, 0.6) is 0 Å². The van der Waals surface area contributed by atoms with Crippen LogP contribution in [0, 0.1) is 0 Å². The van der Waals surface area contributed by atoms with Gasteiger partial charge < -0.3 is 14.4 Å². The van der Waals surface area contributed by atoms with Gasteiger partial charge in [0.25, 0.3) is 5.91 Å². The Hall–Kier alpha value is -2.35. The highest BCUT2D eigenvalue weighted by Crippen LogP contribution is 2.33. The van der Waals surface area contributed by atoms with Crippen LogP contribution in [0.25, 0.3) is 0 Å². The number of carbonyl (C=O) groups excluding carboxylic acids is 3. The fourth-order valence-electron chi connectivity index (χ4n) is 3.10. The number of carbonyl (C=O) groups is 3. The van der Waals surface area contributed by atoms with Gasteiger partial charge in [0, 0.05) is 32.1 Å². The summed E-state index contributed by atoms with van der Waals surface area (Å²) in [6.07, 6.45) is 1.96. The van der Waals surface area contributed by atoms with E-state index >= 15 is 0 Å². The fourth-order valence-corrected chi connectivity index (χ4v) is 3.21. The first-order valence-corrected chi connectivity index (χ1v) is 8.26. The minimum Gasteiger partial charge on any atom is -0.468 e. The molecule has 9 heteroatoms. The summed E-state index contributed by atoms with van der Waals surface area (Å²) >= 11 is 5.74. The minimum atomic E-state index is -0.653. The summed E-state index contributed by atoms with van der Waals surface area (Å²) < 4.78 is 10.1. The SMILES string of the molecule is COC(=O)CN1CC2(CCN(C(=O)c3ccc(Cl)nc3)CC2)OC1=O. The maximum absolute atomic E-state index is 12.5. The molecule has 0 atom stereocenters. The second-order valence-electron chi connectivity index (χ2n) is 6.14. The van der Waals surface area contributed by atoms with Crippen LogP contribution in [-0.2, 0) is 14.3 Å². The van der Waals surface area contributed by atoms with Gasteiger partial charge in [-0.2, -0.15) is 0 Å². The molecule has 1 spiro atoms. The van der Waals surface area contributed by atoms with E-state index in [0.717, 1.165) is 0 Å². The van der Waals surface area contributed by atoms with Gasteiger partial charge in [-0.3, -0.25) is 14.5 Å². The predicted octanol–water partition coefficient (Wildman–Crippen LogP) is 1.33. The molecule has 3 rings (SSSR count). The fraction of sp³-hybridized carbons (Fsp3) is 0.500. The Morgan fingerprint density at radius 3 is 2.68 bits per heavy atom. The van der Waals surface area contributed by atoms with Crippen molar-refractivity contribution in [1.29, 1.82) is 0 Å². The molecule has 0 aliphatic carbocycles. The van der Waals surface area contributed by atoms with E-state index in [9.17, 15) is 14.4 Å². The molecule has 2 saturated heterocycles. The third-order valence-corrected chi connectivity index (χ3v) is 4.75. The van der Waals surface area contributed by atoms with Crippen LogP contribution < -0.4 is 0 Å². The quantitative estimate of drug-likeness (QED) is 0.591. The van der Waals surface area contributed by atoms with Crippen molar-refractivity contribution in [3.8, 4) is 0 Å². The molecule has 2 aliphatic heterocycles. The molecule has 3 heterocycles. The van der Waals surface area contributed by atoms with E-state index in [0.29, 0.717) is 43.2 Å². The summed E-state index contributed by atoms with van der Waals surface area (Å²) in [6.45, 7) is 1.11. The molecule has 1 aromatic rings. The lowest BCUT2D eigenvalue weighted by atomic mass is 9.91. The van der Waals surface area contributed by atoms with Crippen molar-refractivity contribution in [3.63, 3.8) is 0 Å². The Morgan fingerprint density at radius 2 is 2.08 bits per heavy atom. The number of amides is 2. The van der Waals surface area contributed by atoms with E-state index in [4.69, 9.17) is 16.3 Å². The zero-order valence-corrected chi connectivity index (χ0v) is 14.5. The summed E-state index contributed by atoms with van der Waals surface area (Å²) in [6, 6.07) is 3.21. The first-order valence-electron chi connectivity index (χ1n) is 7.88. The number of hydrogen-bond acceptors (Lipinski definition) is 6. The smallest absolute Gasteiger partial charge is 0.411 e. The maximum Gasteiger partial charge on any atom is 0.411 e. The molecule has 2 aliphatic rings. The molecule has 0 N–H and O–H groups in total. The van der Waals surface area contributed by atoms with E-state index in [2.05, 4.69) is 9.72 Å². The van der Waals surface area contributed by atoms with Gasteiger partial charge in [0.15, 0.2) is 0 Å². The molecular weight excluding hydrogens is 350 g/mol. The first kappa shape index (κ1) is 17.5. The lowest BCUT2D eigenvalue weighted by molar-refractivity contribution is -0.141. The number of pyridine rings is 1. The van der Waals surface area contributed by atoms with Gasteiger partial charge in [-0.15, -0.1) is 0 Å². The lowest BCUT2D eigenvalue weighted by Crippen LogP contribution is -2.49. The van der Waals surface area contributed by atoms with Crippen LogP contribution in [0.2, 0.25) is 5.15 Å². The largest absolute Gasteiger partial charge is 0.468 e. The van der Waals surface area contributed by atoms with Crippen molar-refractivity contribution < 1.29 is 23.9 Å². The standard InChI is InChI=1S/C16H18ClN3O5/c1-24-13(21)9-20-10-16(25-15(20)23)4-6-19(7-5-16)14(22)11-2-3-12(17)18-8-11/h2-3,8H,4-7,9-10H2,1H3. The summed E-state index contributed by atoms with van der Waals surface area (Å²) in [5.74, 6) is -0.619. The Bertz CT molecular complexity index is 686. The zero-order valence-electron chi connectivity index (χ0n) is 13.7. The van der Waals surface area contributed by atoms with Crippen molar-refractivity contribution in [2.45, 2.75) is 18.4 Å². The number of aromatic nitrogens is 1. The van der Waals surface area contributed by atoms with E-state index in [-0.39, 0.29) is 12.5 Å². The van der Waals surface area contributed by atoms with Gasteiger partial charge in [-0.05, 0) is 12.1 Å². The van der Waals surface area contributed by atoms with Gasteiger partial charge in [0.05, 0.1) is 19.2 Å². The highest BCUT2D eigenvalue weighted by molar-refractivity contribution is 6.29. The van der Waals surface area contributed by atoms with Crippen LogP contribution in [0.4, 0.5) is 4.79 Å². The highest BCUT2D eigenvalue weighted by Gasteiger charge is 2.48. The first-order chi connectivity index (χ1) is 11.9. The van der Waals surface area contributed by atoms with Gasteiger partial charge >= 0.3 is 12.1 Å². The number of ether oxygens (including phenoxy) is 2. The maximum atomic E-state index is 12.5. The molecule has 8 nitrogen and oxygen atoms in total. The molecule has 2 amide bonds. The number of methoxy groups -OCH3 is 1. The predicted molar refractivity (Wildman–Crippen MR) is 87.2 cm³/mol. The molecule has 0 saturated carbocycles. The summed E-state index contributed by atoms with van der Waals surface area (Å²) in [5.41, 5.74) is -0.184. The Labute approximate surface area is 149 Å². The van der Waals surface area contributed by atoms with E-state index < -0.39 is 17.7 Å². The lowest BCUT2D eigenvalue weighted by Gasteiger charge is -2.37. The van der Waals surface area contributed by atoms with Gasteiger partial charge in [0.2, 0.25) is 0 Å². The molecule has 134 valence electrons.